The Bertz CT molecular complexity index is 506. The fourth-order valence-corrected chi connectivity index (χ4v) is 3.36. The Kier molecular flexibility index (Phi) is 3.72. The van der Waals surface area contributed by atoms with Crippen molar-refractivity contribution in [1.29, 1.82) is 0 Å². The highest BCUT2D eigenvalue weighted by Gasteiger charge is 2.34. The lowest BCUT2D eigenvalue weighted by molar-refractivity contribution is 0.1000. The van der Waals surface area contributed by atoms with Crippen LogP contribution in [-0.2, 0) is 6.54 Å². The van der Waals surface area contributed by atoms with Crippen molar-refractivity contribution in [2.75, 3.05) is 19.6 Å². The largest absolute Gasteiger partial charge is 0.366 e. The van der Waals surface area contributed by atoms with Gasteiger partial charge in [0.05, 0.1) is 0 Å². The topological polar surface area (TPSA) is 58.4 Å². The van der Waals surface area contributed by atoms with E-state index in [9.17, 15) is 9.18 Å². The number of hydrogen-bond donors (Lipinski definition) is 2. The molecule has 2 saturated heterocycles. The van der Waals surface area contributed by atoms with E-state index in [0.717, 1.165) is 19.6 Å². The van der Waals surface area contributed by atoms with Crippen LogP contribution < -0.4 is 11.1 Å². The summed E-state index contributed by atoms with van der Waals surface area (Å²) >= 11 is 0. The zero-order valence-electron chi connectivity index (χ0n) is 11.4. The normalized spacial score (nSPS) is 26.4. The third-order valence-corrected chi connectivity index (χ3v) is 4.40. The molecular formula is C15H20FN3O. The maximum absolute atomic E-state index is 13.9. The highest BCUT2D eigenvalue weighted by atomic mass is 19.1. The molecule has 0 spiro atoms. The molecule has 0 radical (unpaired) electrons. The smallest absolute Gasteiger partial charge is 0.248 e. The van der Waals surface area contributed by atoms with Gasteiger partial charge in [0.15, 0.2) is 0 Å². The minimum atomic E-state index is -0.511. The van der Waals surface area contributed by atoms with Crippen LogP contribution in [0, 0.1) is 11.7 Å². The summed E-state index contributed by atoms with van der Waals surface area (Å²) in [6.45, 7) is 3.57. The van der Waals surface area contributed by atoms with E-state index < -0.39 is 5.91 Å². The number of rotatable bonds is 3. The molecule has 1 aromatic rings. The average molecular weight is 277 g/mol. The molecule has 0 bridgehead atoms. The third kappa shape index (κ3) is 2.69. The van der Waals surface area contributed by atoms with Crippen molar-refractivity contribution in [2.24, 2.45) is 11.7 Å². The second-order valence-corrected chi connectivity index (χ2v) is 5.83. The average Bonchev–Trinajstić information content (AvgIpc) is 2.83. The second-order valence-electron chi connectivity index (χ2n) is 5.83. The number of nitrogens with two attached hydrogens (primary N) is 1. The van der Waals surface area contributed by atoms with Crippen LogP contribution in [0.4, 0.5) is 4.39 Å². The van der Waals surface area contributed by atoms with Crippen LogP contribution in [0.1, 0.15) is 28.8 Å². The van der Waals surface area contributed by atoms with Gasteiger partial charge in [0.2, 0.25) is 5.91 Å². The molecule has 1 amide bonds. The minimum absolute atomic E-state index is 0.266. The fourth-order valence-electron chi connectivity index (χ4n) is 3.36. The number of fused-ring (bicyclic) bond motifs is 1. The van der Waals surface area contributed by atoms with E-state index in [0.29, 0.717) is 29.6 Å². The molecule has 3 rings (SSSR count). The molecule has 2 heterocycles. The number of nitrogens with zero attached hydrogens (tertiary/aromatic N) is 1. The zero-order valence-corrected chi connectivity index (χ0v) is 11.4. The third-order valence-electron chi connectivity index (χ3n) is 4.40. The van der Waals surface area contributed by atoms with Crippen molar-refractivity contribution in [3.8, 4) is 0 Å². The van der Waals surface area contributed by atoms with Gasteiger partial charge in [0, 0.05) is 36.8 Å². The zero-order chi connectivity index (χ0) is 14.1. The van der Waals surface area contributed by atoms with Crippen molar-refractivity contribution in [2.45, 2.75) is 25.4 Å². The van der Waals surface area contributed by atoms with Gasteiger partial charge in [-0.25, -0.2) is 4.39 Å². The van der Waals surface area contributed by atoms with Gasteiger partial charge in [0.1, 0.15) is 5.82 Å². The standard InChI is InChI=1S/C15H20FN3O/c16-13-4-3-10(15(17)20)6-12(13)8-19-7-11-2-1-5-18-14(11)9-19/h3-4,6,11,14,18H,1-2,5,7-9H2,(H2,17,20). The summed E-state index contributed by atoms with van der Waals surface area (Å²) in [4.78, 5) is 13.4. The maximum atomic E-state index is 13.9. The van der Waals surface area contributed by atoms with E-state index >= 15 is 0 Å². The number of primary amides is 1. The number of benzene rings is 1. The summed E-state index contributed by atoms with van der Waals surface area (Å²) in [5, 5.41) is 3.53. The lowest BCUT2D eigenvalue weighted by Crippen LogP contribution is -2.40. The number of nitrogens with one attached hydrogen (secondary N) is 1. The summed E-state index contributed by atoms with van der Waals surface area (Å²) in [7, 11) is 0. The molecule has 2 atom stereocenters. The van der Waals surface area contributed by atoms with Crippen molar-refractivity contribution < 1.29 is 9.18 Å². The van der Waals surface area contributed by atoms with Gasteiger partial charge in [-0.1, -0.05) is 0 Å². The fraction of sp³-hybridized carbons (Fsp3) is 0.533. The Hall–Kier alpha value is -1.46. The van der Waals surface area contributed by atoms with Crippen LogP contribution >= 0.6 is 0 Å². The van der Waals surface area contributed by atoms with E-state index in [1.807, 2.05) is 0 Å². The summed E-state index contributed by atoms with van der Waals surface area (Å²) < 4.78 is 13.9. The summed E-state index contributed by atoms with van der Waals surface area (Å²) in [6.07, 6.45) is 2.47. The van der Waals surface area contributed by atoms with E-state index in [1.54, 1.807) is 6.07 Å². The van der Waals surface area contributed by atoms with Crippen molar-refractivity contribution in [1.82, 2.24) is 10.2 Å². The highest BCUT2D eigenvalue weighted by molar-refractivity contribution is 5.92. The molecule has 0 aromatic heterocycles. The Morgan fingerprint density at radius 3 is 3.05 bits per heavy atom. The van der Waals surface area contributed by atoms with E-state index in [4.69, 9.17) is 5.73 Å². The molecule has 2 fully saturated rings. The number of likely N-dealkylation sites (tertiary alicyclic amines) is 1. The van der Waals surface area contributed by atoms with Crippen LogP contribution in [0.5, 0.6) is 0 Å². The number of carbonyl (C=O) groups excluding carboxylic acids is 1. The molecular weight excluding hydrogens is 257 g/mol. The predicted octanol–water partition coefficient (Wildman–Crippen LogP) is 1.11. The van der Waals surface area contributed by atoms with Crippen LogP contribution in [0.3, 0.4) is 0 Å². The van der Waals surface area contributed by atoms with Crippen molar-refractivity contribution in [3.63, 3.8) is 0 Å². The summed E-state index contributed by atoms with van der Waals surface area (Å²) in [5.74, 6) is -0.105. The first-order valence-corrected chi connectivity index (χ1v) is 7.17. The minimum Gasteiger partial charge on any atom is -0.366 e. The maximum Gasteiger partial charge on any atom is 0.248 e. The molecule has 20 heavy (non-hydrogen) atoms. The van der Waals surface area contributed by atoms with Gasteiger partial charge in [-0.2, -0.15) is 0 Å². The first kappa shape index (κ1) is 13.5. The number of halogens is 1. The monoisotopic (exact) mass is 277 g/mol. The number of carbonyl (C=O) groups is 1. The Balaban J connectivity index is 1.71. The van der Waals surface area contributed by atoms with Gasteiger partial charge in [0.25, 0.3) is 0 Å². The SMILES string of the molecule is NC(=O)c1ccc(F)c(CN2CC3CCCNC3C2)c1. The summed E-state index contributed by atoms with van der Waals surface area (Å²) in [6, 6.07) is 4.88. The predicted molar refractivity (Wildman–Crippen MR) is 74.7 cm³/mol. The van der Waals surface area contributed by atoms with Gasteiger partial charge in [-0.05, 0) is 43.5 Å². The van der Waals surface area contributed by atoms with Gasteiger partial charge >= 0.3 is 0 Å². The van der Waals surface area contributed by atoms with Crippen LogP contribution in [-0.4, -0.2) is 36.5 Å². The summed E-state index contributed by atoms with van der Waals surface area (Å²) in [5.41, 5.74) is 6.18. The first-order chi connectivity index (χ1) is 9.63. The molecule has 2 unspecified atom stereocenters. The second kappa shape index (κ2) is 5.50. The number of hydrogen-bond acceptors (Lipinski definition) is 3. The Labute approximate surface area is 118 Å². The van der Waals surface area contributed by atoms with E-state index in [1.165, 1.54) is 25.0 Å². The molecule has 3 N–H and O–H groups in total. The van der Waals surface area contributed by atoms with Crippen molar-refractivity contribution >= 4 is 5.91 Å². The van der Waals surface area contributed by atoms with Crippen LogP contribution in [0.15, 0.2) is 18.2 Å². The molecule has 0 aliphatic carbocycles. The molecule has 2 aliphatic heterocycles. The quantitative estimate of drug-likeness (QED) is 0.870. The van der Waals surface area contributed by atoms with Crippen LogP contribution in [0.2, 0.25) is 0 Å². The number of amides is 1. The lowest BCUT2D eigenvalue weighted by Gasteiger charge is -2.24. The van der Waals surface area contributed by atoms with E-state index in [-0.39, 0.29) is 5.82 Å². The molecule has 5 heteroatoms. The highest BCUT2D eigenvalue weighted by Crippen LogP contribution is 2.26. The van der Waals surface area contributed by atoms with Gasteiger partial charge in [-0.3, -0.25) is 9.69 Å². The lowest BCUT2D eigenvalue weighted by atomic mass is 9.94. The molecule has 2 aliphatic rings. The van der Waals surface area contributed by atoms with Crippen LogP contribution in [0.25, 0.3) is 0 Å². The van der Waals surface area contributed by atoms with E-state index in [2.05, 4.69) is 10.2 Å². The van der Waals surface area contributed by atoms with Gasteiger partial charge < -0.3 is 11.1 Å². The molecule has 4 nitrogen and oxygen atoms in total. The Morgan fingerprint density at radius 2 is 2.30 bits per heavy atom. The molecule has 0 saturated carbocycles. The number of piperidine rings is 1. The van der Waals surface area contributed by atoms with Crippen molar-refractivity contribution in [3.05, 3.63) is 35.1 Å². The molecule has 108 valence electrons. The molecule has 1 aromatic carbocycles. The Morgan fingerprint density at radius 1 is 1.45 bits per heavy atom. The first-order valence-electron chi connectivity index (χ1n) is 7.17. The van der Waals surface area contributed by atoms with Gasteiger partial charge in [-0.15, -0.1) is 0 Å².